The summed E-state index contributed by atoms with van der Waals surface area (Å²) in [6, 6.07) is 12.7. The summed E-state index contributed by atoms with van der Waals surface area (Å²) in [5, 5.41) is 12.8. The van der Waals surface area contributed by atoms with Crippen LogP contribution in [-0.4, -0.2) is 20.1 Å². The average Bonchev–Trinajstić information content (AvgIpc) is 2.98. The molecule has 2 aromatic rings. The van der Waals surface area contributed by atoms with Crippen molar-refractivity contribution >= 4 is 27.4 Å². The van der Waals surface area contributed by atoms with E-state index < -0.39 is 16.1 Å². The van der Waals surface area contributed by atoms with Crippen LogP contribution in [0.1, 0.15) is 16.5 Å². The molecule has 1 unspecified atom stereocenters. The number of benzene rings is 1. The van der Waals surface area contributed by atoms with Gasteiger partial charge < -0.3 is 5.11 Å². The fraction of sp³-hybridized carbons (Fsp3) is 0.143. The summed E-state index contributed by atoms with van der Waals surface area (Å²) in [5.41, 5.74) is 0.802. The highest BCUT2D eigenvalue weighted by Gasteiger charge is 2.12. The maximum absolute atomic E-state index is 11.8. The highest BCUT2D eigenvalue weighted by Crippen LogP contribution is 2.18. The lowest BCUT2D eigenvalue weighted by molar-refractivity contribution is 0.186. The van der Waals surface area contributed by atoms with E-state index in [1.807, 2.05) is 41.8 Å². The zero-order valence-corrected chi connectivity index (χ0v) is 12.3. The molecule has 2 rings (SSSR count). The van der Waals surface area contributed by atoms with E-state index >= 15 is 0 Å². The van der Waals surface area contributed by atoms with E-state index in [0.717, 1.165) is 15.8 Å². The summed E-state index contributed by atoms with van der Waals surface area (Å²) in [6.45, 7) is -0.0397. The molecular weight excluding hydrogens is 294 g/mol. The molecule has 0 saturated carbocycles. The van der Waals surface area contributed by atoms with Crippen LogP contribution in [0.2, 0.25) is 0 Å². The summed E-state index contributed by atoms with van der Waals surface area (Å²) >= 11 is 1.39. The number of nitrogens with one attached hydrogen (secondary N) is 1. The molecule has 1 heterocycles. The number of rotatable bonds is 6. The third-order valence-electron chi connectivity index (χ3n) is 2.59. The van der Waals surface area contributed by atoms with Crippen molar-refractivity contribution in [3.63, 3.8) is 0 Å². The van der Waals surface area contributed by atoms with Gasteiger partial charge in [0.15, 0.2) is 0 Å². The lowest BCUT2D eigenvalue weighted by Crippen LogP contribution is -2.26. The fourth-order valence-electron chi connectivity index (χ4n) is 1.56. The quantitative estimate of drug-likeness (QED) is 0.861. The Morgan fingerprint density at radius 2 is 1.95 bits per heavy atom. The van der Waals surface area contributed by atoms with Gasteiger partial charge in [0.1, 0.15) is 6.10 Å². The number of hydrogen-bond acceptors (Lipinski definition) is 4. The smallest absolute Gasteiger partial charge is 0.233 e. The van der Waals surface area contributed by atoms with Gasteiger partial charge in [-0.1, -0.05) is 36.4 Å². The van der Waals surface area contributed by atoms with Crippen molar-refractivity contribution in [3.05, 3.63) is 63.7 Å². The number of sulfonamides is 1. The van der Waals surface area contributed by atoms with Gasteiger partial charge in [0, 0.05) is 16.8 Å². The number of hydrogen-bond donors (Lipinski definition) is 2. The van der Waals surface area contributed by atoms with Crippen LogP contribution >= 0.6 is 11.3 Å². The van der Waals surface area contributed by atoms with Crippen LogP contribution in [-0.2, 0) is 10.0 Å². The maximum Gasteiger partial charge on any atom is 0.233 e. The molecule has 0 spiro atoms. The molecular formula is C14H15NO3S2. The van der Waals surface area contributed by atoms with Crippen LogP contribution in [0.25, 0.3) is 6.08 Å². The van der Waals surface area contributed by atoms with E-state index in [1.165, 1.54) is 17.4 Å². The van der Waals surface area contributed by atoms with Crippen molar-refractivity contribution in [2.24, 2.45) is 0 Å². The second-order valence-corrected chi connectivity index (χ2v) is 6.77. The molecule has 0 aliphatic rings. The Bertz CT molecular complexity index is 649. The van der Waals surface area contributed by atoms with E-state index in [9.17, 15) is 13.5 Å². The second-order valence-electron chi connectivity index (χ2n) is 4.14. The first kappa shape index (κ1) is 14.9. The minimum atomic E-state index is -3.55. The van der Waals surface area contributed by atoms with E-state index in [2.05, 4.69) is 4.72 Å². The molecule has 0 amide bonds. The lowest BCUT2D eigenvalue weighted by atomic mass is 10.2. The molecule has 0 bridgehead atoms. The molecule has 20 heavy (non-hydrogen) atoms. The molecule has 0 fully saturated rings. The Labute approximate surface area is 122 Å². The summed E-state index contributed by atoms with van der Waals surface area (Å²) in [7, 11) is -3.55. The third-order valence-corrected chi connectivity index (χ3v) is 4.63. The van der Waals surface area contributed by atoms with Gasteiger partial charge in [-0.15, -0.1) is 11.3 Å². The van der Waals surface area contributed by atoms with Crippen molar-refractivity contribution < 1.29 is 13.5 Å². The third kappa shape index (κ3) is 4.57. The summed E-state index contributed by atoms with van der Waals surface area (Å²) in [4.78, 5) is 0.736. The van der Waals surface area contributed by atoms with E-state index in [-0.39, 0.29) is 6.54 Å². The molecule has 1 aromatic carbocycles. The molecule has 0 aliphatic heterocycles. The van der Waals surface area contributed by atoms with Crippen molar-refractivity contribution in [2.75, 3.05) is 6.54 Å². The lowest BCUT2D eigenvalue weighted by Gasteiger charge is -2.08. The number of aliphatic hydroxyl groups is 1. The standard InChI is InChI=1S/C14H15NO3S2/c16-13(14-7-4-9-19-14)11-15-20(17,18)10-8-12-5-2-1-3-6-12/h1-10,13,15-16H,11H2/b10-8+. The van der Waals surface area contributed by atoms with Crippen molar-refractivity contribution in [1.82, 2.24) is 4.72 Å². The van der Waals surface area contributed by atoms with Crippen molar-refractivity contribution in [3.8, 4) is 0 Å². The largest absolute Gasteiger partial charge is 0.386 e. The summed E-state index contributed by atoms with van der Waals surface area (Å²) < 4.78 is 25.9. The normalized spacial score (nSPS) is 13.7. The van der Waals surface area contributed by atoms with Crippen LogP contribution in [0.4, 0.5) is 0 Å². The molecule has 0 saturated heterocycles. The van der Waals surface area contributed by atoms with Crippen LogP contribution in [0.15, 0.2) is 53.3 Å². The Hall–Kier alpha value is -1.47. The monoisotopic (exact) mass is 309 g/mol. The minimum absolute atomic E-state index is 0.0397. The molecule has 2 N–H and O–H groups in total. The highest BCUT2D eigenvalue weighted by atomic mass is 32.2. The molecule has 6 heteroatoms. The van der Waals surface area contributed by atoms with Gasteiger partial charge in [0.25, 0.3) is 0 Å². The Balaban J connectivity index is 1.93. The van der Waals surface area contributed by atoms with Crippen LogP contribution < -0.4 is 4.72 Å². The molecule has 0 aliphatic carbocycles. The van der Waals surface area contributed by atoms with Crippen LogP contribution in [0.3, 0.4) is 0 Å². The van der Waals surface area contributed by atoms with Gasteiger partial charge in [-0.25, -0.2) is 13.1 Å². The summed E-state index contributed by atoms with van der Waals surface area (Å²) in [5.74, 6) is 0. The molecule has 106 valence electrons. The highest BCUT2D eigenvalue weighted by molar-refractivity contribution is 7.92. The average molecular weight is 309 g/mol. The first-order valence-electron chi connectivity index (χ1n) is 6.01. The van der Waals surface area contributed by atoms with Crippen molar-refractivity contribution in [1.29, 1.82) is 0 Å². The first-order chi connectivity index (χ1) is 9.57. The molecule has 1 atom stereocenters. The zero-order valence-electron chi connectivity index (χ0n) is 10.6. The van der Waals surface area contributed by atoms with Crippen LogP contribution in [0.5, 0.6) is 0 Å². The van der Waals surface area contributed by atoms with Crippen molar-refractivity contribution in [2.45, 2.75) is 6.10 Å². The molecule has 0 radical (unpaired) electrons. The minimum Gasteiger partial charge on any atom is -0.386 e. The number of aliphatic hydroxyl groups excluding tert-OH is 1. The van der Waals surface area contributed by atoms with Gasteiger partial charge in [-0.05, 0) is 23.1 Å². The van der Waals surface area contributed by atoms with Gasteiger partial charge in [-0.3, -0.25) is 0 Å². The van der Waals surface area contributed by atoms with E-state index in [4.69, 9.17) is 0 Å². The Morgan fingerprint density at radius 1 is 1.20 bits per heavy atom. The van der Waals surface area contributed by atoms with Gasteiger partial charge >= 0.3 is 0 Å². The number of thiophene rings is 1. The van der Waals surface area contributed by atoms with Gasteiger partial charge in [0.05, 0.1) is 0 Å². The Kier molecular flexibility index (Phi) is 5.08. The topological polar surface area (TPSA) is 66.4 Å². The molecule has 4 nitrogen and oxygen atoms in total. The van der Waals surface area contributed by atoms with Gasteiger partial charge in [-0.2, -0.15) is 0 Å². The SMILES string of the molecule is O=S(=O)(/C=C/c1ccccc1)NCC(O)c1cccs1. The summed E-state index contributed by atoms with van der Waals surface area (Å²) in [6.07, 6.45) is 0.690. The van der Waals surface area contributed by atoms with Gasteiger partial charge in [0.2, 0.25) is 10.0 Å². The second kappa shape index (κ2) is 6.81. The van der Waals surface area contributed by atoms with E-state index in [1.54, 1.807) is 6.07 Å². The van der Waals surface area contributed by atoms with E-state index in [0.29, 0.717) is 0 Å². The van der Waals surface area contributed by atoms with Crippen LogP contribution in [0, 0.1) is 0 Å². The fourth-order valence-corrected chi connectivity index (χ4v) is 3.09. The predicted octanol–water partition coefficient (Wildman–Crippen LogP) is 2.37. The zero-order chi connectivity index (χ0) is 14.4. The Morgan fingerprint density at radius 3 is 2.60 bits per heavy atom. The predicted molar refractivity (Wildman–Crippen MR) is 81.7 cm³/mol. The first-order valence-corrected chi connectivity index (χ1v) is 8.44. The maximum atomic E-state index is 11.8. The molecule has 1 aromatic heterocycles.